The van der Waals surface area contributed by atoms with Crippen molar-refractivity contribution in [2.75, 3.05) is 14.1 Å². The summed E-state index contributed by atoms with van der Waals surface area (Å²) >= 11 is 0. The number of nitro groups is 1. The van der Waals surface area contributed by atoms with Gasteiger partial charge in [0.1, 0.15) is 0 Å². The van der Waals surface area contributed by atoms with Crippen LogP contribution in [0.2, 0.25) is 0 Å². The molecule has 2 aliphatic carbocycles. The van der Waals surface area contributed by atoms with E-state index in [1.807, 2.05) is 12.2 Å². The lowest BCUT2D eigenvalue weighted by molar-refractivity contribution is -0.385. The molecule has 1 saturated carbocycles. The second-order valence-electron chi connectivity index (χ2n) is 7.91. The summed E-state index contributed by atoms with van der Waals surface area (Å²) in [5.41, 5.74) is 0.284. The van der Waals surface area contributed by atoms with Crippen molar-refractivity contribution in [2.24, 2.45) is 23.7 Å². The molecule has 8 nitrogen and oxygen atoms in total. The Morgan fingerprint density at radius 2 is 1.82 bits per heavy atom. The number of likely N-dealkylation sites (tertiary alicyclic amines) is 1. The van der Waals surface area contributed by atoms with E-state index in [0.717, 1.165) is 6.42 Å². The fourth-order valence-electron chi connectivity index (χ4n) is 4.78. The van der Waals surface area contributed by atoms with Crippen molar-refractivity contribution in [1.29, 1.82) is 0 Å². The number of fused-ring (bicyclic) bond motifs is 5. The minimum atomic E-state index is -0.847. The average Bonchev–Trinajstić information content (AvgIpc) is 3.34. The van der Waals surface area contributed by atoms with Crippen molar-refractivity contribution >= 4 is 23.4 Å². The number of allylic oxidation sites excluding steroid dienone is 2. The maximum Gasteiger partial charge on any atom is 0.269 e. The van der Waals surface area contributed by atoms with Crippen LogP contribution in [-0.2, 0) is 14.4 Å². The van der Waals surface area contributed by atoms with E-state index in [0.29, 0.717) is 5.56 Å². The second-order valence-corrected chi connectivity index (χ2v) is 7.91. The number of carbonyl (C=O) groups is 3. The number of amides is 3. The van der Waals surface area contributed by atoms with Gasteiger partial charge in [-0.1, -0.05) is 24.3 Å². The third kappa shape index (κ3) is 2.71. The molecule has 1 saturated heterocycles. The maximum atomic E-state index is 13.2. The average molecular weight is 383 g/mol. The molecule has 0 radical (unpaired) electrons. The van der Waals surface area contributed by atoms with Gasteiger partial charge in [0, 0.05) is 26.2 Å². The number of benzene rings is 1. The van der Waals surface area contributed by atoms with Crippen LogP contribution in [-0.4, -0.2) is 46.5 Å². The van der Waals surface area contributed by atoms with Crippen LogP contribution in [0.4, 0.5) is 5.69 Å². The number of hydrogen-bond donors (Lipinski definition) is 0. The normalized spacial score (nSPS) is 28.6. The Labute approximate surface area is 161 Å². The molecule has 28 heavy (non-hydrogen) atoms. The number of hydrogen-bond acceptors (Lipinski definition) is 5. The van der Waals surface area contributed by atoms with Gasteiger partial charge in [0.15, 0.2) is 0 Å². The van der Waals surface area contributed by atoms with Crippen molar-refractivity contribution in [1.82, 2.24) is 9.80 Å². The summed E-state index contributed by atoms with van der Waals surface area (Å²) in [7, 11) is 3.19. The van der Waals surface area contributed by atoms with Gasteiger partial charge in [-0.2, -0.15) is 0 Å². The zero-order chi connectivity index (χ0) is 20.2. The molecule has 2 fully saturated rings. The van der Waals surface area contributed by atoms with Crippen molar-refractivity contribution in [2.45, 2.75) is 18.9 Å². The van der Waals surface area contributed by atoms with Crippen LogP contribution in [0.25, 0.3) is 0 Å². The quantitative estimate of drug-likeness (QED) is 0.335. The number of carbonyl (C=O) groups excluding carboxylic acids is 3. The Hall–Kier alpha value is -3.03. The largest absolute Gasteiger partial charge is 0.349 e. The van der Waals surface area contributed by atoms with Gasteiger partial charge in [-0.25, -0.2) is 0 Å². The van der Waals surface area contributed by atoms with Crippen molar-refractivity contribution < 1.29 is 19.3 Å². The van der Waals surface area contributed by atoms with Gasteiger partial charge < -0.3 is 4.90 Å². The van der Waals surface area contributed by atoms with Crippen LogP contribution in [0.15, 0.2) is 36.4 Å². The van der Waals surface area contributed by atoms with Gasteiger partial charge in [0.05, 0.1) is 29.2 Å². The molecule has 5 unspecified atom stereocenters. The number of nitrogens with zero attached hydrogens (tertiary/aromatic N) is 3. The summed E-state index contributed by atoms with van der Waals surface area (Å²) in [5, 5.41) is 11.2. The van der Waals surface area contributed by atoms with Crippen LogP contribution in [0, 0.1) is 33.8 Å². The summed E-state index contributed by atoms with van der Waals surface area (Å²) in [6, 6.07) is 4.98. The summed E-state index contributed by atoms with van der Waals surface area (Å²) < 4.78 is 0. The summed E-state index contributed by atoms with van der Waals surface area (Å²) in [5.74, 6) is -1.42. The van der Waals surface area contributed by atoms with Gasteiger partial charge in [0.2, 0.25) is 17.7 Å². The van der Waals surface area contributed by atoms with Gasteiger partial charge in [0.25, 0.3) is 5.69 Å². The van der Waals surface area contributed by atoms with Crippen LogP contribution in [0.5, 0.6) is 0 Å². The standard InChI is InChI=1S/C20H21N3O5/c1-21(2)16(24)10-15(11-4-3-5-14(9-11)23(27)28)22-19(25)17-12-6-7-13(8-12)18(17)20(22)26/h3-7,9,12-13,15,17-18H,8,10H2,1-2H3. The fourth-order valence-corrected chi connectivity index (χ4v) is 4.78. The van der Waals surface area contributed by atoms with Crippen LogP contribution >= 0.6 is 0 Å². The van der Waals surface area contributed by atoms with Gasteiger partial charge in [-0.15, -0.1) is 0 Å². The molecule has 0 spiro atoms. The minimum Gasteiger partial charge on any atom is -0.349 e. The summed E-state index contributed by atoms with van der Waals surface area (Å²) in [6.07, 6.45) is 4.73. The van der Waals surface area contributed by atoms with E-state index in [4.69, 9.17) is 0 Å². The lowest BCUT2D eigenvalue weighted by Gasteiger charge is -2.28. The van der Waals surface area contributed by atoms with E-state index in [2.05, 4.69) is 0 Å². The van der Waals surface area contributed by atoms with Gasteiger partial charge in [-0.3, -0.25) is 29.4 Å². The molecule has 2 bridgehead atoms. The first-order valence-corrected chi connectivity index (χ1v) is 9.29. The highest BCUT2D eigenvalue weighted by Gasteiger charge is 2.60. The van der Waals surface area contributed by atoms with E-state index in [1.54, 1.807) is 20.2 Å². The predicted octanol–water partition coefficient (Wildman–Crippen LogP) is 1.92. The molecule has 146 valence electrons. The molecule has 8 heteroatoms. The van der Waals surface area contributed by atoms with Gasteiger partial charge in [-0.05, 0) is 23.8 Å². The predicted molar refractivity (Wildman–Crippen MR) is 98.7 cm³/mol. The SMILES string of the molecule is CN(C)C(=O)CC(c1cccc([N+](=O)[O-])c1)N1C(=O)C2C3C=CC(C3)C2C1=O. The number of non-ortho nitro benzene ring substituents is 1. The molecule has 1 heterocycles. The number of rotatable bonds is 5. The molecule has 3 amide bonds. The lowest BCUT2D eigenvalue weighted by atomic mass is 9.85. The molecule has 0 N–H and O–H groups in total. The van der Waals surface area contributed by atoms with E-state index in [9.17, 15) is 24.5 Å². The summed E-state index contributed by atoms with van der Waals surface area (Å²) in [4.78, 5) is 52.0. The van der Waals surface area contributed by atoms with Crippen LogP contribution in [0.1, 0.15) is 24.4 Å². The van der Waals surface area contributed by atoms with Crippen molar-refractivity contribution in [3.05, 3.63) is 52.1 Å². The van der Waals surface area contributed by atoms with Gasteiger partial charge >= 0.3 is 0 Å². The molecule has 5 atom stereocenters. The number of nitro benzene ring substituents is 1. The Bertz CT molecular complexity index is 879. The molecule has 1 aliphatic heterocycles. The second kappa shape index (κ2) is 6.54. The first kappa shape index (κ1) is 18.3. The zero-order valence-corrected chi connectivity index (χ0v) is 15.6. The Morgan fingerprint density at radius 1 is 1.21 bits per heavy atom. The molecule has 0 aromatic heterocycles. The van der Waals surface area contributed by atoms with E-state index < -0.39 is 11.0 Å². The first-order valence-electron chi connectivity index (χ1n) is 9.29. The molecule has 1 aromatic carbocycles. The Kier molecular flexibility index (Phi) is 4.28. The lowest BCUT2D eigenvalue weighted by Crippen LogP contribution is -2.39. The molecular formula is C20H21N3O5. The molecule has 4 rings (SSSR count). The monoisotopic (exact) mass is 383 g/mol. The molecular weight excluding hydrogens is 362 g/mol. The molecule has 1 aromatic rings. The third-order valence-corrected chi connectivity index (χ3v) is 6.15. The highest BCUT2D eigenvalue weighted by molar-refractivity contribution is 6.07. The van der Waals surface area contributed by atoms with Crippen LogP contribution in [0.3, 0.4) is 0 Å². The third-order valence-electron chi connectivity index (χ3n) is 6.15. The van der Waals surface area contributed by atoms with E-state index in [1.165, 1.54) is 28.0 Å². The highest BCUT2D eigenvalue weighted by Crippen LogP contribution is 2.54. The van der Waals surface area contributed by atoms with Crippen molar-refractivity contribution in [3.8, 4) is 0 Å². The summed E-state index contributed by atoms with van der Waals surface area (Å²) in [6.45, 7) is 0. The smallest absolute Gasteiger partial charge is 0.269 e. The van der Waals surface area contributed by atoms with E-state index in [-0.39, 0.29) is 53.5 Å². The molecule has 3 aliphatic rings. The highest BCUT2D eigenvalue weighted by atomic mass is 16.6. The van der Waals surface area contributed by atoms with Crippen LogP contribution < -0.4 is 0 Å². The first-order chi connectivity index (χ1) is 13.3. The topological polar surface area (TPSA) is 101 Å². The van der Waals surface area contributed by atoms with E-state index >= 15 is 0 Å². The zero-order valence-electron chi connectivity index (χ0n) is 15.6. The van der Waals surface area contributed by atoms with Crippen molar-refractivity contribution in [3.63, 3.8) is 0 Å². The number of imide groups is 1. The Balaban J connectivity index is 1.73. The maximum absolute atomic E-state index is 13.2. The fraction of sp³-hybridized carbons (Fsp3) is 0.450. The Morgan fingerprint density at radius 3 is 2.36 bits per heavy atom. The minimum absolute atomic E-state index is 0.0618.